The Morgan fingerprint density at radius 1 is 1.35 bits per heavy atom. The Balaban J connectivity index is 2.63. The number of carbonyl (C=O) groups is 2. The SMILES string of the molecule is CCN1CCN(C(=O)N(CCC(=O)O)C(C)C)CC1C. The zero-order chi connectivity index (χ0) is 15.3. The lowest BCUT2D eigenvalue weighted by Crippen LogP contribution is -2.57. The van der Waals surface area contributed by atoms with E-state index in [-0.39, 0.29) is 25.0 Å². The maximum Gasteiger partial charge on any atom is 0.320 e. The summed E-state index contributed by atoms with van der Waals surface area (Å²) in [6.07, 6.45) is -0.00556. The summed E-state index contributed by atoms with van der Waals surface area (Å²) in [5, 5.41) is 8.79. The van der Waals surface area contributed by atoms with E-state index in [9.17, 15) is 9.59 Å². The van der Waals surface area contributed by atoms with Gasteiger partial charge in [0, 0.05) is 38.3 Å². The Kier molecular flexibility index (Phi) is 6.26. The third-order valence-corrected chi connectivity index (χ3v) is 3.88. The van der Waals surface area contributed by atoms with E-state index >= 15 is 0 Å². The quantitative estimate of drug-likeness (QED) is 0.827. The number of urea groups is 1. The fourth-order valence-electron chi connectivity index (χ4n) is 2.61. The molecule has 1 saturated heterocycles. The molecule has 0 spiro atoms. The van der Waals surface area contributed by atoms with E-state index in [1.807, 2.05) is 18.7 Å². The summed E-state index contributed by atoms with van der Waals surface area (Å²) in [5.74, 6) is -0.868. The molecule has 0 aromatic carbocycles. The van der Waals surface area contributed by atoms with Crippen LogP contribution in [-0.2, 0) is 4.79 Å². The molecule has 20 heavy (non-hydrogen) atoms. The van der Waals surface area contributed by atoms with Gasteiger partial charge >= 0.3 is 12.0 Å². The van der Waals surface area contributed by atoms with Gasteiger partial charge in [0.1, 0.15) is 0 Å². The summed E-state index contributed by atoms with van der Waals surface area (Å²) in [4.78, 5) is 29.1. The van der Waals surface area contributed by atoms with Crippen molar-refractivity contribution in [1.82, 2.24) is 14.7 Å². The minimum atomic E-state index is -0.868. The lowest BCUT2D eigenvalue weighted by molar-refractivity contribution is -0.137. The molecule has 1 aliphatic rings. The monoisotopic (exact) mass is 285 g/mol. The van der Waals surface area contributed by atoms with Crippen molar-refractivity contribution in [3.8, 4) is 0 Å². The molecule has 0 radical (unpaired) electrons. The molecule has 1 N–H and O–H groups in total. The average Bonchev–Trinajstić information content (AvgIpc) is 2.37. The van der Waals surface area contributed by atoms with Gasteiger partial charge in [-0.15, -0.1) is 0 Å². The number of hydrogen-bond donors (Lipinski definition) is 1. The molecule has 1 heterocycles. The van der Waals surface area contributed by atoms with Gasteiger partial charge in [-0.1, -0.05) is 6.92 Å². The number of carbonyl (C=O) groups excluding carboxylic acids is 1. The van der Waals surface area contributed by atoms with Gasteiger partial charge in [-0.3, -0.25) is 9.69 Å². The van der Waals surface area contributed by atoms with Crippen LogP contribution in [0.5, 0.6) is 0 Å². The molecule has 6 heteroatoms. The zero-order valence-corrected chi connectivity index (χ0v) is 13.0. The Bertz CT molecular complexity index is 347. The Hall–Kier alpha value is -1.30. The number of carboxylic acid groups (broad SMARTS) is 1. The van der Waals surface area contributed by atoms with Crippen LogP contribution in [0.15, 0.2) is 0 Å². The van der Waals surface area contributed by atoms with E-state index in [4.69, 9.17) is 5.11 Å². The zero-order valence-electron chi connectivity index (χ0n) is 13.0. The number of likely N-dealkylation sites (N-methyl/N-ethyl adjacent to an activating group) is 1. The summed E-state index contributed by atoms with van der Waals surface area (Å²) < 4.78 is 0. The molecule has 2 amide bonds. The van der Waals surface area contributed by atoms with Gasteiger partial charge in [0.05, 0.1) is 6.42 Å². The minimum Gasteiger partial charge on any atom is -0.481 e. The van der Waals surface area contributed by atoms with Crippen LogP contribution in [0, 0.1) is 0 Å². The molecular formula is C14H27N3O3. The predicted octanol–water partition coefficient (Wildman–Crippen LogP) is 1.32. The first kappa shape index (κ1) is 16.8. The Labute approximate surface area is 121 Å². The molecule has 1 fully saturated rings. The molecule has 116 valence electrons. The molecule has 1 rings (SSSR count). The summed E-state index contributed by atoms with van der Waals surface area (Å²) in [7, 11) is 0. The second-order valence-corrected chi connectivity index (χ2v) is 5.64. The maximum absolute atomic E-state index is 12.5. The number of carboxylic acids is 1. The first-order chi connectivity index (χ1) is 9.36. The van der Waals surface area contributed by atoms with Crippen LogP contribution in [0.4, 0.5) is 4.79 Å². The van der Waals surface area contributed by atoms with E-state index in [2.05, 4.69) is 18.7 Å². The highest BCUT2D eigenvalue weighted by atomic mass is 16.4. The maximum atomic E-state index is 12.5. The van der Waals surface area contributed by atoms with Crippen molar-refractivity contribution >= 4 is 12.0 Å². The van der Waals surface area contributed by atoms with Crippen LogP contribution >= 0.6 is 0 Å². The normalized spacial score (nSPS) is 20.2. The molecule has 1 aliphatic heterocycles. The van der Waals surface area contributed by atoms with Crippen molar-refractivity contribution in [1.29, 1.82) is 0 Å². The molecule has 1 unspecified atom stereocenters. The van der Waals surface area contributed by atoms with Crippen molar-refractivity contribution in [2.75, 3.05) is 32.7 Å². The highest BCUT2D eigenvalue weighted by Crippen LogP contribution is 2.13. The molecule has 0 aliphatic carbocycles. The molecule has 0 bridgehead atoms. The van der Waals surface area contributed by atoms with Crippen LogP contribution < -0.4 is 0 Å². The minimum absolute atomic E-state index is 0.00556. The average molecular weight is 285 g/mol. The number of hydrogen-bond acceptors (Lipinski definition) is 3. The van der Waals surface area contributed by atoms with Crippen molar-refractivity contribution in [3.05, 3.63) is 0 Å². The van der Waals surface area contributed by atoms with Crippen LogP contribution in [0.1, 0.15) is 34.1 Å². The first-order valence-corrected chi connectivity index (χ1v) is 7.38. The van der Waals surface area contributed by atoms with E-state index in [1.165, 1.54) is 0 Å². The van der Waals surface area contributed by atoms with Gasteiger partial charge in [-0.25, -0.2) is 4.79 Å². The second kappa shape index (κ2) is 7.47. The van der Waals surface area contributed by atoms with Crippen molar-refractivity contribution < 1.29 is 14.7 Å². The number of nitrogens with zero attached hydrogens (tertiary/aromatic N) is 3. The number of aliphatic carboxylic acids is 1. The largest absolute Gasteiger partial charge is 0.481 e. The standard InChI is InChI=1S/C14H27N3O3/c1-5-15-8-9-16(10-12(15)4)14(20)17(11(2)3)7-6-13(18)19/h11-12H,5-10H2,1-4H3,(H,18,19). The number of amides is 2. The summed E-state index contributed by atoms with van der Waals surface area (Å²) in [6, 6.07) is 0.330. The van der Waals surface area contributed by atoms with Gasteiger partial charge < -0.3 is 14.9 Å². The van der Waals surface area contributed by atoms with Crippen LogP contribution in [0.3, 0.4) is 0 Å². The fourth-order valence-corrected chi connectivity index (χ4v) is 2.61. The Morgan fingerprint density at radius 3 is 2.45 bits per heavy atom. The van der Waals surface area contributed by atoms with Crippen LogP contribution in [0.2, 0.25) is 0 Å². The third-order valence-electron chi connectivity index (χ3n) is 3.88. The summed E-state index contributed by atoms with van der Waals surface area (Å²) >= 11 is 0. The smallest absolute Gasteiger partial charge is 0.320 e. The van der Waals surface area contributed by atoms with Gasteiger partial charge in [0.25, 0.3) is 0 Å². The van der Waals surface area contributed by atoms with Gasteiger partial charge in [-0.05, 0) is 27.3 Å². The molecule has 0 aromatic heterocycles. The lowest BCUT2D eigenvalue weighted by Gasteiger charge is -2.42. The highest BCUT2D eigenvalue weighted by molar-refractivity contribution is 5.76. The predicted molar refractivity (Wildman–Crippen MR) is 77.8 cm³/mol. The van der Waals surface area contributed by atoms with E-state index in [1.54, 1.807) is 4.90 Å². The summed E-state index contributed by atoms with van der Waals surface area (Å²) in [6.45, 7) is 11.7. The molecular weight excluding hydrogens is 258 g/mol. The molecule has 6 nitrogen and oxygen atoms in total. The fraction of sp³-hybridized carbons (Fsp3) is 0.857. The second-order valence-electron chi connectivity index (χ2n) is 5.64. The lowest BCUT2D eigenvalue weighted by atomic mass is 10.2. The topological polar surface area (TPSA) is 64.1 Å². The van der Waals surface area contributed by atoms with Gasteiger partial charge in [0.15, 0.2) is 0 Å². The number of rotatable bonds is 5. The molecule has 1 atom stereocenters. The van der Waals surface area contributed by atoms with Crippen LogP contribution in [-0.4, -0.2) is 76.6 Å². The van der Waals surface area contributed by atoms with Crippen molar-refractivity contribution in [2.24, 2.45) is 0 Å². The van der Waals surface area contributed by atoms with Crippen LogP contribution in [0.25, 0.3) is 0 Å². The summed E-state index contributed by atoms with van der Waals surface area (Å²) in [5.41, 5.74) is 0. The third kappa shape index (κ3) is 4.37. The first-order valence-electron chi connectivity index (χ1n) is 7.38. The highest BCUT2D eigenvalue weighted by Gasteiger charge is 2.29. The Morgan fingerprint density at radius 2 is 2.00 bits per heavy atom. The van der Waals surface area contributed by atoms with E-state index in [0.29, 0.717) is 19.1 Å². The van der Waals surface area contributed by atoms with Gasteiger partial charge in [-0.2, -0.15) is 0 Å². The van der Waals surface area contributed by atoms with Crippen molar-refractivity contribution in [3.63, 3.8) is 0 Å². The van der Waals surface area contributed by atoms with E-state index < -0.39 is 5.97 Å². The molecule has 0 saturated carbocycles. The van der Waals surface area contributed by atoms with Crippen molar-refractivity contribution in [2.45, 2.75) is 46.2 Å². The van der Waals surface area contributed by atoms with E-state index in [0.717, 1.165) is 13.1 Å². The van der Waals surface area contributed by atoms with Gasteiger partial charge in [0.2, 0.25) is 0 Å². The number of piperazine rings is 1. The molecule has 0 aromatic rings.